The first-order valence-electron chi connectivity index (χ1n) is 7.33. The molecule has 0 radical (unpaired) electrons. The Kier molecular flexibility index (Phi) is 4.87. The van der Waals surface area contributed by atoms with Crippen LogP contribution in [0.1, 0.15) is 36.3 Å². The zero-order valence-corrected chi connectivity index (χ0v) is 14.9. The van der Waals surface area contributed by atoms with Gasteiger partial charge in [0.1, 0.15) is 5.15 Å². The Morgan fingerprint density at radius 3 is 2.64 bits per heavy atom. The Balaban J connectivity index is 2.24. The lowest BCUT2D eigenvalue weighted by Crippen LogP contribution is -2.38. The third-order valence-electron chi connectivity index (χ3n) is 3.89. The Morgan fingerprint density at radius 1 is 1.50 bits per heavy atom. The fraction of sp³-hybridized carbons (Fsp3) is 0.714. The first kappa shape index (κ1) is 17.3. The van der Waals surface area contributed by atoms with Crippen molar-refractivity contribution in [2.45, 2.75) is 39.8 Å². The molecular weight excluding hydrogens is 326 g/mol. The van der Waals surface area contributed by atoms with E-state index in [4.69, 9.17) is 11.6 Å². The summed E-state index contributed by atoms with van der Waals surface area (Å²) in [5.74, 6) is 0.248. The lowest BCUT2D eigenvalue weighted by molar-refractivity contribution is 0.0747. The monoisotopic (exact) mass is 347 g/mol. The SMILES string of the molecule is Cc1nn(CC(C)C)c(Cl)c1C(=O)N(C)[C@H]1CCS(=O)(=O)C1. The molecule has 1 aromatic heterocycles. The molecule has 1 aliphatic heterocycles. The van der Waals surface area contributed by atoms with E-state index >= 15 is 0 Å². The summed E-state index contributed by atoms with van der Waals surface area (Å²) in [7, 11) is -1.41. The highest BCUT2D eigenvalue weighted by atomic mass is 35.5. The minimum Gasteiger partial charge on any atom is -0.338 e. The number of aryl methyl sites for hydroxylation is 1. The highest BCUT2D eigenvalue weighted by Gasteiger charge is 2.34. The smallest absolute Gasteiger partial charge is 0.258 e. The Labute approximate surface area is 136 Å². The van der Waals surface area contributed by atoms with Gasteiger partial charge in [0, 0.05) is 19.6 Å². The van der Waals surface area contributed by atoms with Crippen LogP contribution in [0.4, 0.5) is 0 Å². The number of rotatable bonds is 4. The number of halogens is 1. The molecule has 0 N–H and O–H groups in total. The van der Waals surface area contributed by atoms with E-state index in [1.165, 1.54) is 4.90 Å². The van der Waals surface area contributed by atoms with Crippen molar-refractivity contribution in [1.82, 2.24) is 14.7 Å². The highest BCUT2D eigenvalue weighted by Crippen LogP contribution is 2.25. The van der Waals surface area contributed by atoms with Crippen molar-refractivity contribution in [2.75, 3.05) is 18.6 Å². The van der Waals surface area contributed by atoms with E-state index in [2.05, 4.69) is 5.10 Å². The van der Waals surface area contributed by atoms with Gasteiger partial charge in [-0.2, -0.15) is 5.10 Å². The largest absolute Gasteiger partial charge is 0.338 e. The van der Waals surface area contributed by atoms with Gasteiger partial charge in [0.25, 0.3) is 5.91 Å². The summed E-state index contributed by atoms with van der Waals surface area (Å²) < 4.78 is 24.8. The fourth-order valence-corrected chi connectivity index (χ4v) is 4.78. The average molecular weight is 348 g/mol. The Morgan fingerprint density at radius 2 is 2.14 bits per heavy atom. The van der Waals surface area contributed by atoms with Crippen LogP contribution in [0.25, 0.3) is 0 Å². The molecule has 1 saturated heterocycles. The van der Waals surface area contributed by atoms with E-state index in [0.29, 0.717) is 35.3 Å². The number of amides is 1. The zero-order valence-electron chi connectivity index (χ0n) is 13.3. The standard InChI is InChI=1S/C14H22ClN3O3S/c1-9(2)7-18-13(15)12(10(3)16-18)14(19)17(4)11-5-6-22(20,21)8-11/h9,11H,5-8H2,1-4H3/t11-/m0/s1. The van der Waals surface area contributed by atoms with E-state index in [0.717, 1.165) is 0 Å². The van der Waals surface area contributed by atoms with Gasteiger partial charge in [0.15, 0.2) is 9.84 Å². The van der Waals surface area contributed by atoms with Crippen LogP contribution >= 0.6 is 11.6 Å². The lowest BCUT2D eigenvalue weighted by atomic mass is 10.2. The normalized spacial score (nSPS) is 20.5. The maximum atomic E-state index is 12.7. The van der Waals surface area contributed by atoms with Crippen molar-refractivity contribution in [2.24, 2.45) is 5.92 Å². The third kappa shape index (κ3) is 3.46. The van der Waals surface area contributed by atoms with Gasteiger partial charge in [0.2, 0.25) is 0 Å². The molecule has 1 amide bonds. The molecule has 2 rings (SSSR count). The van der Waals surface area contributed by atoms with Crippen molar-refractivity contribution < 1.29 is 13.2 Å². The first-order valence-corrected chi connectivity index (χ1v) is 9.53. The summed E-state index contributed by atoms with van der Waals surface area (Å²) in [6.07, 6.45) is 0.474. The fourth-order valence-electron chi connectivity index (χ4n) is 2.69. The summed E-state index contributed by atoms with van der Waals surface area (Å²) in [5.41, 5.74) is 0.942. The van der Waals surface area contributed by atoms with E-state index in [1.54, 1.807) is 18.7 Å². The van der Waals surface area contributed by atoms with Crippen LogP contribution in [0.3, 0.4) is 0 Å². The molecule has 1 aromatic rings. The van der Waals surface area contributed by atoms with Gasteiger partial charge in [-0.25, -0.2) is 8.42 Å². The molecule has 1 aliphatic rings. The molecule has 2 heterocycles. The van der Waals surface area contributed by atoms with Crippen LogP contribution in [0.15, 0.2) is 0 Å². The predicted molar refractivity (Wildman–Crippen MR) is 86.0 cm³/mol. The molecule has 0 saturated carbocycles. The number of carbonyl (C=O) groups is 1. The van der Waals surface area contributed by atoms with Crippen molar-refractivity contribution in [1.29, 1.82) is 0 Å². The first-order chi connectivity index (χ1) is 10.1. The summed E-state index contributed by atoms with van der Waals surface area (Å²) in [6, 6.07) is -0.290. The average Bonchev–Trinajstić information content (AvgIpc) is 2.88. The molecule has 124 valence electrons. The highest BCUT2D eigenvalue weighted by molar-refractivity contribution is 7.91. The maximum Gasteiger partial charge on any atom is 0.258 e. The lowest BCUT2D eigenvalue weighted by Gasteiger charge is -2.23. The quantitative estimate of drug-likeness (QED) is 0.832. The number of hydrogen-bond acceptors (Lipinski definition) is 4. The summed E-state index contributed by atoms with van der Waals surface area (Å²) >= 11 is 6.31. The van der Waals surface area contributed by atoms with Crippen LogP contribution in [-0.2, 0) is 16.4 Å². The molecule has 0 unspecified atom stereocenters. The van der Waals surface area contributed by atoms with E-state index in [9.17, 15) is 13.2 Å². The maximum absolute atomic E-state index is 12.7. The minimum atomic E-state index is -3.03. The topological polar surface area (TPSA) is 72.3 Å². The van der Waals surface area contributed by atoms with Crippen LogP contribution in [0.2, 0.25) is 5.15 Å². The van der Waals surface area contributed by atoms with Crippen LogP contribution < -0.4 is 0 Å². The Bertz CT molecular complexity index is 682. The number of carbonyl (C=O) groups excluding carboxylic acids is 1. The summed E-state index contributed by atoms with van der Waals surface area (Å²) in [5, 5.41) is 4.65. The molecule has 22 heavy (non-hydrogen) atoms. The van der Waals surface area contributed by atoms with Crippen LogP contribution in [0.5, 0.6) is 0 Å². The van der Waals surface area contributed by atoms with E-state index < -0.39 is 9.84 Å². The third-order valence-corrected chi connectivity index (χ3v) is 6.03. The molecule has 6 nitrogen and oxygen atoms in total. The van der Waals surface area contributed by atoms with Crippen molar-refractivity contribution in [3.8, 4) is 0 Å². The van der Waals surface area contributed by atoms with Gasteiger partial charge in [-0.05, 0) is 19.3 Å². The molecular formula is C14H22ClN3O3S. The molecule has 8 heteroatoms. The minimum absolute atomic E-state index is 0.0199. The van der Waals surface area contributed by atoms with Gasteiger partial charge in [-0.1, -0.05) is 25.4 Å². The van der Waals surface area contributed by atoms with E-state index in [1.807, 2.05) is 13.8 Å². The second-order valence-electron chi connectivity index (χ2n) is 6.30. The van der Waals surface area contributed by atoms with Crippen molar-refractivity contribution in [3.05, 3.63) is 16.4 Å². The summed E-state index contributed by atoms with van der Waals surface area (Å²) in [6.45, 7) is 6.47. The summed E-state index contributed by atoms with van der Waals surface area (Å²) in [4.78, 5) is 14.2. The van der Waals surface area contributed by atoms with E-state index in [-0.39, 0.29) is 23.5 Å². The van der Waals surface area contributed by atoms with Crippen LogP contribution in [-0.4, -0.2) is 53.6 Å². The van der Waals surface area contributed by atoms with Gasteiger partial charge < -0.3 is 4.90 Å². The molecule has 0 bridgehead atoms. The Hall–Kier alpha value is -1.08. The van der Waals surface area contributed by atoms with Gasteiger partial charge in [-0.3, -0.25) is 9.48 Å². The second-order valence-corrected chi connectivity index (χ2v) is 8.89. The molecule has 0 aliphatic carbocycles. The predicted octanol–water partition coefficient (Wildman–Crippen LogP) is 1.76. The number of nitrogens with zero attached hydrogens (tertiary/aromatic N) is 3. The molecule has 0 aromatic carbocycles. The van der Waals surface area contributed by atoms with Crippen molar-refractivity contribution >= 4 is 27.3 Å². The van der Waals surface area contributed by atoms with Crippen LogP contribution in [0, 0.1) is 12.8 Å². The molecule has 1 atom stereocenters. The molecule has 1 fully saturated rings. The number of aromatic nitrogens is 2. The van der Waals surface area contributed by atoms with Crippen molar-refractivity contribution in [3.63, 3.8) is 0 Å². The number of sulfone groups is 1. The zero-order chi connectivity index (χ0) is 16.7. The molecule has 0 spiro atoms. The number of hydrogen-bond donors (Lipinski definition) is 0. The second kappa shape index (κ2) is 6.20. The van der Waals surface area contributed by atoms with Gasteiger partial charge in [-0.15, -0.1) is 0 Å². The van der Waals surface area contributed by atoms with Gasteiger partial charge >= 0.3 is 0 Å². The van der Waals surface area contributed by atoms with Gasteiger partial charge in [0.05, 0.1) is 22.8 Å².